The second-order valence-electron chi connectivity index (χ2n) is 7.08. The van der Waals surface area contributed by atoms with E-state index < -0.39 is 0 Å². The van der Waals surface area contributed by atoms with Gasteiger partial charge in [-0.25, -0.2) is 4.98 Å². The number of rotatable bonds is 5. The van der Waals surface area contributed by atoms with Gasteiger partial charge in [-0.3, -0.25) is 9.59 Å². The van der Waals surface area contributed by atoms with Crippen LogP contribution >= 0.6 is 11.3 Å². The number of amides is 2. The molecule has 1 aliphatic rings. The van der Waals surface area contributed by atoms with E-state index >= 15 is 0 Å². The monoisotopic (exact) mass is 393 g/mol. The van der Waals surface area contributed by atoms with Crippen LogP contribution < -0.4 is 5.32 Å². The van der Waals surface area contributed by atoms with Gasteiger partial charge < -0.3 is 10.2 Å². The van der Waals surface area contributed by atoms with Crippen LogP contribution in [0.4, 0.5) is 0 Å². The van der Waals surface area contributed by atoms with Gasteiger partial charge in [0.15, 0.2) is 0 Å². The van der Waals surface area contributed by atoms with Crippen LogP contribution in [0.15, 0.2) is 54.6 Å². The van der Waals surface area contributed by atoms with E-state index in [1.165, 1.54) is 0 Å². The van der Waals surface area contributed by atoms with Gasteiger partial charge in [-0.2, -0.15) is 0 Å². The van der Waals surface area contributed by atoms with Crippen LogP contribution in [-0.4, -0.2) is 40.8 Å². The highest BCUT2D eigenvalue weighted by molar-refractivity contribution is 7.18. The zero-order valence-electron chi connectivity index (χ0n) is 15.6. The van der Waals surface area contributed by atoms with Crippen LogP contribution in [0.3, 0.4) is 0 Å². The average molecular weight is 394 g/mol. The molecule has 0 saturated carbocycles. The fourth-order valence-electron chi connectivity index (χ4n) is 3.54. The average Bonchev–Trinajstić information content (AvgIpc) is 3.16. The predicted octanol–water partition coefficient (Wildman–Crippen LogP) is 3.65. The SMILES string of the molecule is O=C(CCc1nc2ccccc2s1)NC1CCN(C(=O)c2ccccc2)CC1. The molecule has 0 aliphatic carbocycles. The molecule has 1 N–H and O–H groups in total. The number of aromatic nitrogens is 1. The van der Waals surface area contributed by atoms with Crippen LogP contribution in [0.25, 0.3) is 10.2 Å². The van der Waals surface area contributed by atoms with Crippen molar-refractivity contribution in [2.45, 2.75) is 31.7 Å². The molecule has 1 aliphatic heterocycles. The lowest BCUT2D eigenvalue weighted by Crippen LogP contribution is -2.46. The number of para-hydroxylation sites is 1. The highest BCUT2D eigenvalue weighted by Gasteiger charge is 2.24. The third-order valence-electron chi connectivity index (χ3n) is 5.07. The van der Waals surface area contributed by atoms with Crippen LogP contribution in [0.5, 0.6) is 0 Å². The Morgan fingerprint density at radius 3 is 2.50 bits per heavy atom. The lowest BCUT2D eigenvalue weighted by molar-refractivity contribution is -0.122. The van der Waals surface area contributed by atoms with Gasteiger partial charge in [-0.1, -0.05) is 30.3 Å². The predicted molar refractivity (Wildman–Crippen MR) is 111 cm³/mol. The number of piperidine rings is 1. The zero-order valence-corrected chi connectivity index (χ0v) is 16.5. The highest BCUT2D eigenvalue weighted by atomic mass is 32.1. The number of thiazole rings is 1. The summed E-state index contributed by atoms with van der Waals surface area (Å²) in [7, 11) is 0. The third-order valence-corrected chi connectivity index (χ3v) is 6.17. The molecule has 2 amide bonds. The molecule has 0 radical (unpaired) electrons. The molecular weight excluding hydrogens is 370 g/mol. The van der Waals surface area contributed by atoms with Crippen molar-refractivity contribution in [3.63, 3.8) is 0 Å². The molecule has 3 aromatic rings. The number of nitrogens with one attached hydrogen (secondary N) is 1. The van der Waals surface area contributed by atoms with Gasteiger partial charge in [0.1, 0.15) is 0 Å². The molecule has 0 atom stereocenters. The minimum atomic E-state index is 0.0621. The van der Waals surface area contributed by atoms with E-state index in [0.717, 1.165) is 33.6 Å². The first kappa shape index (κ1) is 18.6. The van der Waals surface area contributed by atoms with Gasteiger partial charge in [-0.05, 0) is 37.1 Å². The Labute approximate surface area is 168 Å². The summed E-state index contributed by atoms with van der Waals surface area (Å²) in [5, 5.41) is 4.12. The first-order chi connectivity index (χ1) is 13.7. The lowest BCUT2D eigenvalue weighted by atomic mass is 10.0. The number of fused-ring (bicyclic) bond motifs is 1. The van der Waals surface area contributed by atoms with Gasteiger partial charge in [0.25, 0.3) is 5.91 Å². The molecule has 2 aromatic carbocycles. The fraction of sp³-hybridized carbons (Fsp3) is 0.318. The van der Waals surface area contributed by atoms with Crippen molar-refractivity contribution in [1.29, 1.82) is 0 Å². The summed E-state index contributed by atoms with van der Waals surface area (Å²) in [6, 6.07) is 17.5. The molecule has 4 rings (SSSR count). The van der Waals surface area contributed by atoms with Crippen LogP contribution in [0.1, 0.15) is 34.6 Å². The third kappa shape index (κ3) is 4.39. The molecule has 6 heteroatoms. The molecule has 1 aromatic heterocycles. The first-order valence-corrected chi connectivity index (χ1v) is 10.5. The maximum absolute atomic E-state index is 12.5. The Morgan fingerprint density at radius 1 is 1.04 bits per heavy atom. The van der Waals surface area contributed by atoms with E-state index in [1.807, 2.05) is 53.4 Å². The van der Waals surface area contributed by atoms with Crippen molar-refractivity contribution in [2.24, 2.45) is 0 Å². The number of aryl methyl sites for hydroxylation is 1. The molecule has 144 valence electrons. The summed E-state index contributed by atoms with van der Waals surface area (Å²) in [5.74, 6) is 0.133. The topological polar surface area (TPSA) is 62.3 Å². The van der Waals surface area contributed by atoms with E-state index in [-0.39, 0.29) is 17.9 Å². The normalized spacial score (nSPS) is 14.9. The maximum Gasteiger partial charge on any atom is 0.253 e. The lowest BCUT2D eigenvalue weighted by Gasteiger charge is -2.32. The first-order valence-electron chi connectivity index (χ1n) is 9.67. The Kier molecular flexibility index (Phi) is 5.67. The standard InChI is InChI=1S/C22H23N3O2S/c26-20(10-11-21-24-18-8-4-5-9-19(18)28-21)23-17-12-14-25(15-13-17)22(27)16-6-2-1-3-7-16/h1-9,17H,10-15H2,(H,23,26). The highest BCUT2D eigenvalue weighted by Crippen LogP contribution is 2.22. The fourth-order valence-corrected chi connectivity index (χ4v) is 4.50. The molecule has 2 heterocycles. The van der Waals surface area contributed by atoms with Gasteiger partial charge in [0.05, 0.1) is 15.2 Å². The van der Waals surface area contributed by atoms with E-state index in [0.29, 0.717) is 25.9 Å². The number of carbonyl (C=O) groups excluding carboxylic acids is 2. The summed E-state index contributed by atoms with van der Waals surface area (Å²) >= 11 is 1.65. The maximum atomic E-state index is 12.5. The quantitative estimate of drug-likeness (QED) is 0.720. The zero-order chi connectivity index (χ0) is 19.3. The van der Waals surface area contributed by atoms with Crippen LogP contribution in [0, 0.1) is 0 Å². The Balaban J connectivity index is 1.23. The molecule has 0 spiro atoms. The molecule has 1 fully saturated rings. The van der Waals surface area contributed by atoms with E-state index in [2.05, 4.69) is 16.4 Å². The largest absolute Gasteiger partial charge is 0.353 e. The van der Waals surface area contributed by atoms with E-state index in [9.17, 15) is 9.59 Å². The number of hydrogen-bond acceptors (Lipinski definition) is 4. The summed E-state index contributed by atoms with van der Waals surface area (Å²) in [4.78, 5) is 31.3. The number of hydrogen-bond donors (Lipinski definition) is 1. The Hall–Kier alpha value is -2.73. The summed E-state index contributed by atoms with van der Waals surface area (Å²) in [6.45, 7) is 1.35. The summed E-state index contributed by atoms with van der Waals surface area (Å²) in [6.07, 6.45) is 2.70. The second kappa shape index (κ2) is 8.52. The molecule has 5 nitrogen and oxygen atoms in total. The van der Waals surface area contributed by atoms with Crippen molar-refractivity contribution in [1.82, 2.24) is 15.2 Å². The van der Waals surface area contributed by atoms with Crippen LogP contribution in [0.2, 0.25) is 0 Å². The van der Waals surface area contributed by atoms with Crippen LogP contribution in [-0.2, 0) is 11.2 Å². The second-order valence-corrected chi connectivity index (χ2v) is 8.19. The number of benzene rings is 2. The minimum Gasteiger partial charge on any atom is -0.353 e. The van der Waals surface area contributed by atoms with Crippen molar-refractivity contribution in [3.05, 3.63) is 65.2 Å². The number of nitrogens with zero attached hydrogens (tertiary/aromatic N) is 2. The van der Waals surface area contributed by atoms with Crippen molar-refractivity contribution >= 4 is 33.4 Å². The molecule has 1 saturated heterocycles. The van der Waals surface area contributed by atoms with Crippen molar-refractivity contribution < 1.29 is 9.59 Å². The Bertz CT molecular complexity index is 929. The van der Waals surface area contributed by atoms with E-state index in [1.54, 1.807) is 11.3 Å². The summed E-state index contributed by atoms with van der Waals surface area (Å²) in [5.41, 5.74) is 1.72. The minimum absolute atomic E-state index is 0.0621. The summed E-state index contributed by atoms with van der Waals surface area (Å²) < 4.78 is 1.16. The molecule has 0 bridgehead atoms. The molecular formula is C22H23N3O2S. The van der Waals surface area contributed by atoms with Gasteiger partial charge in [-0.15, -0.1) is 11.3 Å². The molecule has 28 heavy (non-hydrogen) atoms. The smallest absolute Gasteiger partial charge is 0.253 e. The van der Waals surface area contributed by atoms with Gasteiger partial charge >= 0.3 is 0 Å². The number of carbonyl (C=O) groups is 2. The van der Waals surface area contributed by atoms with Gasteiger partial charge in [0, 0.05) is 37.5 Å². The Morgan fingerprint density at radius 2 is 1.75 bits per heavy atom. The van der Waals surface area contributed by atoms with Gasteiger partial charge in [0.2, 0.25) is 5.91 Å². The van der Waals surface area contributed by atoms with Crippen molar-refractivity contribution in [3.8, 4) is 0 Å². The number of likely N-dealkylation sites (tertiary alicyclic amines) is 1. The van der Waals surface area contributed by atoms with Crippen molar-refractivity contribution in [2.75, 3.05) is 13.1 Å². The van der Waals surface area contributed by atoms with E-state index in [4.69, 9.17) is 0 Å². The molecule has 0 unspecified atom stereocenters.